The van der Waals surface area contributed by atoms with Gasteiger partial charge in [0.05, 0.1) is 5.41 Å². The van der Waals surface area contributed by atoms with Gasteiger partial charge < -0.3 is 9.73 Å². The van der Waals surface area contributed by atoms with Gasteiger partial charge in [0.1, 0.15) is 0 Å². The van der Waals surface area contributed by atoms with Gasteiger partial charge in [-0.3, -0.25) is 0 Å². The minimum atomic E-state index is -0.00923. The number of nitrogens with zero attached hydrogens (tertiary/aromatic N) is 2. The largest absolute Gasteiger partial charge is 0.424 e. The molecule has 2 aromatic rings. The van der Waals surface area contributed by atoms with Crippen LogP contribution in [-0.2, 0) is 11.8 Å². The molecule has 1 N–H and O–H groups in total. The second kappa shape index (κ2) is 5.13. The van der Waals surface area contributed by atoms with Gasteiger partial charge in [0.15, 0.2) is 0 Å². The normalized spacial score (nSPS) is 16.5. The summed E-state index contributed by atoms with van der Waals surface area (Å²) in [6.45, 7) is 3.94. The Morgan fingerprint density at radius 2 is 2.00 bits per heavy atom. The molecule has 0 spiro atoms. The monoisotopic (exact) mass is 257 g/mol. The van der Waals surface area contributed by atoms with Crippen molar-refractivity contribution in [3.05, 3.63) is 47.7 Å². The van der Waals surface area contributed by atoms with E-state index in [0.29, 0.717) is 0 Å². The lowest BCUT2D eigenvalue weighted by atomic mass is 9.96. The van der Waals surface area contributed by atoms with E-state index >= 15 is 0 Å². The quantitative estimate of drug-likeness (QED) is 0.807. The molecule has 1 heterocycles. The molecule has 0 aliphatic heterocycles. The average molecular weight is 257 g/mol. The second-order valence-electron chi connectivity index (χ2n) is 5.05. The molecule has 0 unspecified atom stereocenters. The van der Waals surface area contributed by atoms with E-state index in [1.807, 2.05) is 6.07 Å². The van der Waals surface area contributed by atoms with Gasteiger partial charge in [0.25, 0.3) is 0 Å². The molecule has 0 amide bonds. The lowest BCUT2D eigenvalue weighted by molar-refractivity contribution is 0.422. The van der Waals surface area contributed by atoms with Crippen molar-refractivity contribution in [3.63, 3.8) is 0 Å². The molecule has 1 saturated carbocycles. The maximum atomic E-state index is 5.85. The van der Waals surface area contributed by atoms with E-state index in [0.717, 1.165) is 44.1 Å². The SMILES string of the molecule is CCNCCc1nnc(C2(c3ccccc3)CC2)o1. The Hall–Kier alpha value is -1.68. The van der Waals surface area contributed by atoms with Gasteiger partial charge in [-0.15, -0.1) is 10.2 Å². The fourth-order valence-electron chi connectivity index (χ4n) is 2.43. The third-order valence-electron chi connectivity index (χ3n) is 3.72. The van der Waals surface area contributed by atoms with Crippen molar-refractivity contribution >= 4 is 0 Å². The number of rotatable bonds is 6. The smallest absolute Gasteiger partial charge is 0.227 e. The first-order valence-electron chi connectivity index (χ1n) is 6.94. The van der Waals surface area contributed by atoms with Gasteiger partial charge in [-0.2, -0.15) is 0 Å². The molecule has 1 aliphatic rings. The molecule has 0 atom stereocenters. The van der Waals surface area contributed by atoms with Gasteiger partial charge in [-0.05, 0) is 24.9 Å². The van der Waals surface area contributed by atoms with Crippen LogP contribution < -0.4 is 5.32 Å². The molecule has 100 valence electrons. The predicted molar refractivity (Wildman–Crippen MR) is 73.0 cm³/mol. The van der Waals surface area contributed by atoms with Crippen molar-refractivity contribution in [2.24, 2.45) is 0 Å². The third kappa shape index (κ3) is 2.40. The molecular weight excluding hydrogens is 238 g/mol. The Kier molecular flexibility index (Phi) is 3.34. The summed E-state index contributed by atoms with van der Waals surface area (Å²) in [7, 11) is 0. The molecule has 4 heteroatoms. The standard InChI is InChI=1S/C15H19N3O/c1-2-16-11-8-13-17-18-14(19-13)15(9-10-15)12-6-4-3-5-7-12/h3-7,16H,2,8-11H2,1H3. The van der Waals surface area contributed by atoms with E-state index in [2.05, 4.69) is 46.7 Å². The van der Waals surface area contributed by atoms with Crippen molar-refractivity contribution in [1.82, 2.24) is 15.5 Å². The van der Waals surface area contributed by atoms with Crippen LogP contribution in [-0.4, -0.2) is 23.3 Å². The van der Waals surface area contributed by atoms with Crippen LogP contribution in [0.4, 0.5) is 0 Å². The van der Waals surface area contributed by atoms with Crippen LogP contribution in [0, 0.1) is 0 Å². The Balaban J connectivity index is 1.76. The highest BCUT2D eigenvalue weighted by Crippen LogP contribution is 2.52. The zero-order valence-corrected chi connectivity index (χ0v) is 11.2. The number of hydrogen-bond donors (Lipinski definition) is 1. The van der Waals surface area contributed by atoms with Crippen LogP contribution >= 0.6 is 0 Å². The molecule has 1 aromatic carbocycles. The minimum Gasteiger partial charge on any atom is -0.424 e. The molecule has 1 aliphatic carbocycles. The van der Waals surface area contributed by atoms with Crippen molar-refractivity contribution < 1.29 is 4.42 Å². The summed E-state index contributed by atoms with van der Waals surface area (Å²) < 4.78 is 5.85. The molecule has 4 nitrogen and oxygen atoms in total. The number of likely N-dealkylation sites (N-methyl/N-ethyl adjacent to an activating group) is 1. The first-order chi connectivity index (χ1) is 9.35. The van der Waals surface area contributed by atoms with Gasteiger partial charge in [-0.25, -0.2) is 0 Å². The summed E-state index contributed by atoms with van der Waals surface area (Å²) in [4.78, 5) is 0. The molecule has 1 aromatic heterocycles. The Labute approximate surface area is 113 Å². The Bertz CT molecular complexity index is 531. The first kappa shape index (κ1) is 12.4. The molecule has 1 fully saturated rings. The maximum absolute atomic E-state index is 5.85. The number of benzene rings is 1. The van der Waals surface area contributed by atoms with Gasteiger partial charge in [-0.1, -0.05) is 37.3 Å². The molecule has 0 saturated heterocycles. The summed E-state index contributed by atoms with van der Waals surface area (Å²) in [5, 5.41) is 11.7. The highest BCUT2D eigenvalue weighted by molar-refractivity contribution is 5.37. The maximum Gasteiger partial charge on any atom is 0.227 e. The summed E-state index contributed by atoms with van der Waals surface area (Å²) in [6.07, 6.45) is 3.00. The molecular formula is C15H19N3O. The Morgan fingerprint density at radius 1 is 1.21 bits per heavy atom. The van der Waals surface area contributed by atoms with Crippen LogP contribution in [0.5, 0.6) is 0 Å². The predicted octanol–water partition coefficient (Wildman–Crippen LogP) is 2.30. The number of nitrogens with one attached hydrogen (secondary N) is 1. The van der Waals surface area contributed by atoms with E-state index in [4.69, 9.17) is 4.42 Å². The van der Waals surface area contributed by atoms with Crippen LogP contribution in [0.15, 0.2) is 34.7 Å². The number of hydrogen-bond acceptors (Lipinski definition) is 4. The highest BCUT2D eigenvalue weighted by atomic mass is 16.4. The fraction of sp³-hybridized carbons (Fsp3) is 0.467. The lowest BCUT2D eigenvalue weighted by Gasteiger charge is -2.10. The van der Waals surface area contributed by atoms with E-state index < -0.39 is 0 Å². The highest BCUT2D eigenvalue weighted by Gasteiger charge is 2.50. The average Bonchev–Trinajstić information content (AvgIpc) is 3.14. The van der Waals surface area contributed by atoms with Crippen molar-refractivity contribution in [3.8, 4) is 0 Å². The van der Waals surface area contributed by atoms with Crippen molar-refractivity contribution in [2.45, 2.75) is 31.6 Å². The van der Waals surface area contributed by atoms with Crippen LogP contribution in [0.1, 0.15) is 37.1 Å². The van der Waals surface area contributed by atoms with E-state index in [1.165, 1.54) is 5.56 Å². The topological polar surface area (TPSA) is 51.0 Å². The van der Waals surface area contributed by atoms with Crippen LogP contribution in [0.2, 0.25) is 0 Å². The number of aromatic nitrogens is 2. The van der Waals surface area contributed by atoms with E-state index in [9.17, 15) is 0 Å². The second-order valence-corrected chi connectivity index (χ2v) is 5.05. The van der Waals surface area contributed by atoms with Crippen LogP contribution in [0.25, 0.3) is 0 Å². The van der Waals surface area contributed by atoms with Crippen molar-refractivity contribution in [2.75, 3.05) is 13.1 Å². The van der Waals surface area contributed by atoms with E-state index in [-0.39, 0.29) is 5.41 Å². The fourth-order valence-corrected chi connectivity index (χ4v) is 2.43. The zero-order chi connectivity index (χ0) is 13.1. The summed E-state index contributed by atoms with van der Waals surface area (Å²) >= 11 is 0. The van der Waals surface area contributed by atoms with Gasteiger partial charge in [0.2, 0.25) is 11.8 Å². The summed E-state index contributed by atoms with van der Waals surface area (Å²) in [5.41, 5.74) is 1.28. The third-order valence-corrected chi connectivity index (χ3v) is 3.72. The molecule has 0 bridgehead atoms. The Morgan fingerprint density at radius 3 is 2.68 bits per heavy atom. The first-order valence-corrected chi connectivity index (χ1v) is 6.94. The molecule has 3 rings (SSSR count). The van der Waals surface area contributed by atoms with Crippen molar-refractivity contribution in [1.29, 1.82) is 0 Å². The molecule has 19 heavy (non-hydrogen) atoms. The van der Waals surface area contributed by atoms with Gasteiger partial charge >= 0.3 is 0 Å². The van der Waals surface area contributed by atoms with Crippen LogP contribution in [0.3, 0.4) is 0 Å². The summed E-state index contributed by atoms with van der Waals surface area (Å²) in [5.74, 6) is 1.52. The minimum absolute atomic E-state index is 0.00923. The summed E-state index contributed by atoms with van der Waals surface area (Å²) in [6, 6.07) is 10.5. The molecule has 0 radical (unpaired) electrons. The zero-order valence-electron chi connectivity index (χ0n) is 11.2. The van der Waals surface area contributed by atoms with E-state index in [1.54, 1.807) is 0 Å². The van der Waals surface area contributed by atoms with Gasteiger partial charge in [0, 0.05) is 13.0 Å². The lowest BCUT2D eigenvalue weighted by Crippen LogP contribution is -2.16.